The van der Waals surface area contributed by atoms with Crippen LogP contribution in [0.4, 0.5) is 0 Å². The Morgan fingerprint density at radius 3 is 2.62 bits per heavy atom. The molecule has 5 nitrogen and oxygen atoms in total. The third-order valence-electron chi connectivity index (χ3n) is 5.48. The monoisotopic (exact) mass is 330 g/mol. The predicted octanol–water partition coefficient (Wildman–Crippen LogP) is 3.38. The predicted molar refractivity (Wildman–Crippen MR) is 94.4 cm³/mol. The van der Waals surface area contributed by atoms with Gasteiger partial charge in [0.2, 0.25) is 5.91 Å². The molecule has 0 unspecified atom stereocenters. The third kappa shape index (κ3) is 4.37. The van der Waals surface area contributed by atoms with Gasteiger partial charge in [0.1, 0.15) is 0 Å². The van der Waals surface area contributed by atoms with Crippen molar-refractivity contribution in [2.24, 2.45) is 5.92 Å². The van der Waals surface area contributed by atoms with Crippen LogP contribution in [-0.2, 0) is 17.8 Å². The Morgan fingerprint density at radius 2 is 2.00 bits per heavy atom. The van der Waals surface area contributed by atoms with E-state index in [-0.39, 0.29) is 5.91 Å². The van der Waals surface area contributed by atoms with E-state index in [1.165, 1.54) is 12.8 Å². The molecule has 0 spiro atoms. The summed E-state index contributed by atoms with van der Waals surface area (Å²) in [4.78, 5) is 14.5. The first-order valence-corrected chi connectivity index (χ1v) is 9.09. The van der Waals surface area contributed by atoms with E-state index in [2.05, 4.69) is 18.1 Å². The van der Waals surface area contributed by atoms with Crippen LogP contribution in [0, 0.1) is 31.1 Å². The Labute approximate surface area is 145 Å². The van der Waals surface area contributed by atoms with E-state index < -0.39 is 0 Å². The second-order valence-electron chi connectivity index (χ2n) is 7.20. The summed E-state index contributed by atoms with van der Waals surface area (Å²) < 4.78 is 1.89. The highest BCUT2D eigenvalue weighted by Crippen LogP contribution is 2.27. The fourth-order valence-corrected chi connectivity index (χ4v) is 3.71. The van der Waals surface area contributed by atoms with Gasteiger partial charge in [-0.3, -0.25) is 9.48 Å². The molecule has 1 fully saturated rings. The zero-order chi connectivity index (χ0) is 17.7. The number of hydrogen-bond donors (Lipinski definition) is 0. The first-order chi connectivity index (χ1) is 11.4. The fourth-order valence-electron chi connectivity index (χ4n) is 3.71. The lowest BCUT2D eigenvalue weighted by molar-refractivity contribution is -0.132. The van der Waals surface area contributed by atoms with Gasteiger partial charge in [0.05, 0.1) is 24.7 Å². The fraction of sp³-hybridized carbons (Fsp3) is 0.737. The van der Waals surface area contributed by atoms with Crippen LogP contribution in [0.3, 0.4) is 0 Å². The third-order valence-corrected chi connectivity index (χ3v) is 5.48. The summed E-state index contributed by atoms with van der Waals surface area (Å²) in [6.07, 6.45) is 6.45. The minimum Gasteiger partial charge on any atom is -0.343 e. The van der Waals surface area contributed by atoms with Gasteiger partial charge < -0.3 is 4.90 Å². The van der Waals surface area contributed by atoms with E-state index in [9.17, 15) is 4.79 Å². The van der Waals surface area contributed by atoms with E-state index in [1.54, 1.807) is 0 Å². The summed E-state index contributed by atoms with van der Waals surface area (Å²) in [5.41, 5.74) is 3.23. The van der Waals surface area contributed by atoms with E-state index in [0.717, 1.165) is 42.1 Å². The van der Waals surface area contributed by atoms with E-state index in [4.69, 9.17) is 5.26 Å². The normalized spacial score (nSPS) is 20.6. The van der Waals surface area contributed by atoms with E-state index in [1.807, 2.05) is 30.5 Å². The number of amides is 1. The lowest BCUT2D eigenvalue weighted by Gasteiger charge is -2.33. The van der Waals surface area contributed by atoms with Crippen LogP contribution in [0.25, 0.3) is 0 Å². The van der Waals surface area contributed by atoms with Gasteiger partial charge >= 0.3 is 0 Å². The number of aromatic nitrogens is 2. The van der Waals surface area contributed by atoms with Gasteiger partial charge in [-0.15, -0.1) is 0 Å². The van der Waals surface area contributed by atoms with Gasteiger partial charge in [-0.25, -0.2) is 0 Å². The van der Waals surface area contributed by atoms with Crippen molar-refractivity contribution in [3.8, 4) is 6.07 Å². The molecule has 1 aromatic rings. The number of aryl methyl sites for hydroxylation is 2. The van der Waals surface area contributed by atoms with Crippen molar-refractivity contribution in [1.82, 2.24) is 14.7 Å². The van der Waals surface area contributed by atoms with Crippen molar-refractivity contribution in [2.45, 2.75) is 78.3 Å². The molecule has 24 heavy (non-hydrogen) atoms. The summed E-state index contributed by atoms with van der Waals surface area (Å²) in [5, 5.41) is 13.2. The Hall–Kier alpha value is -1.83. The number of nitrogens with zero attached hydrogens (tertiary/aromatic N) is 4. The lowest BCUT2D eigenvalue weighted by Crippen LogP contribution is -2.39. The minimum absolute atomic E-state index is 0.234. The molecule has 5 heteroatoms. The maximum absolute atomic E-state index is 12.6. The van der Waals surface area contributed by atoms with Gasteiger partial charge in [-0.2, -0.15) is 10.4 Å². The van der Waals surface area contributed by atoms with Gasteiger partial charge in [0, 0.05) is 25.2 Å². The summed E-state index contributed by atoms with van der Waals surface area (Å²) in [6, 6.07) is 2.57. The van der Waals surface area contributed by atoms with Crippen LogP contribution in [-0.4, -0.2) is 33.7 Å². The van der Waals surface area contributed by atoms with Crippen molar-refractivity contribution >= 4 is 5.91 Å². The Balaban J connectivity index is 1.92. The summed E-state index contributed by atoms with van der Waals surface area (Å²) in [5.74, 6) is 1.03. The second kappa shape index (κ2) is 8.32. The van der Waals surface area contributed by atoms with Crippen molar-refractivity contribution in [2.75, 3.05) is 7.05 Å². The standard InChI is InChI=1S/C19H30N4O/c1-14-6-8-17(9-7-14)22(4)19(24)11-10-18-15(2)21-23(16(18)3)13-5-12-20/h14,17H,5-11,13H2,1-4H3. The van der Waals surface area contributed by atoms with Crippen molar-refractivity contribution in [3.63, 3.8) is 0 Å². The molecule has 0 N–H and O–H groups in total. The number of carbonyl (C=O) groups excluding carboxylic acids is 1. The highest BCUT2D eigenvalue weighted by atomic mass is 16.2. The molecule has 0 saturated heterocycles. The summed E-state index contributed by atoms with van der Waals surface area (Å²) in [6.45, 7) is 6.94. The molecule has 0 aromatic carbocycles. The zero-order valence-corrected chi connectivity index (χ0v) is 15.5. The summed E-state index contributed by atoms with van der Waals surface area (Å²) >= 11 is 0. The topological polar surface area (TPSA) is 61.9 Å². The van der Waals surface area contributed by atoms with Gasteiger partial charge in [-0.05, 0) is 57.4 Å². The molecule has 1 heterocycles. The average Bonchev–Trinajstić information content (AvgIpc) is 2.84. The molecule has 1 saturated carbocycles. The van der Waals surface area contributed by atoms with Crippen LogP contribution in [0.15, 0.2) is 0 Å². The molecule has 2 rings (SSSR count). The minimum atomic E-state index is 0.234. The zero-order valence-electron chi connectivity index (χ0n) is 15.5. The number of hydrogen-bond acceptors (Lipinski definition) is 3. The van der Waals surface area contributed by atoms with Crippen molar-refractivity contribution in [3.05, 3.63) is 17.0 Å². The van der Waals surface area contributed by atoms with E-state index in [0.29, 0.717) is 25.4 Å². The molecule has 0 aliphatic heterocycles. The van der Waals surface area contributed by atoms with Gasteiger partial charge in [-0.1, -0.05) is 6.92 Å². The quantitative estimate of drug-likeness (QED) is 0.803. The van der Waals surface area contributed by atoms with Crippen molar-refractivity contribution in [1.29, 1.82) is 5.26 Å². The lowest BCUT2D eigenvalue weighted by atomic mass is 9.86. The van der Waals surface area contributed by atoms with E-state index >= 15 is 0 Å². The molecular weight excluding hydrogens is 300 g/mol. The Bertz CT molecular complexity index is 606. The van der Waals surface area contributed by atoms with Crippen LogP contribution in [0.1, 0.15) is 62.4 Å². The largest absolute Gasteiger partial charge is 0.343 e. The van der Waals surface area contributed by atoms with Crippen molar-refractivity contribution < 1.29 is 4.79 Å². The molecule has 0 atom stereocenters. The van der Waals surface area contributed by atoms with Crippen LogP contribution in [0.2, 0.25) is 0 Å². The first kappa shape index (κ1) is 18.5. The SMILES string of the molecule is Cc1nn(CCC#N)c(C)c1CCC(=O)N(C)C1CCC(C)CC1. The van der Waals surface area contributed by atoms with Gasteiger partial charge in [0.25, 0.3) is 0 Å². The molecule has 1 amide bonds. The summed E-state index contributed by atoms with van der Waals surface area (Å²) in [7, 11) is 1.96. The molecular formula is C19H30N4O. The first-order valence-electron chi connectivity index (χ1n) is 9.09. The van der Waals surface area contributed by atoms with Crippen LogP contribution >= 0.6 is 0 Å². The molecule has 132 valence electrons. The highest BCUT2D eigenvalue weighted by molar-refractivity contribution is 5.76. The van der Waals surface area contributed by atoms with Crippen LogP contribution < -0.4 is 0 Å². The number of nitriles is 1. The number of rotatable bonds is 6. The maximum Gasteiger partial charge on any atom is 0.222 e. The maximum atomic E-state index is 12.6. The van der Waals surface area contributed by atoms with Crippen LogP contribution in [0.5, 0.6) is 0 Å². The molecule has 0 bridgehead atoms. The average molecular weight is 330 g/mol. The van der Waals surface area contributed by atoms with Gasteiger partial charge in [0.15, 0.2) is 0 Å². The smallest absolute Gasteiger partial charge is 0.222 e. The molecule has 0 radical (unpaired) electrons. The second-order valence-corrected chi connectivity index (χ2v) is 7.20. The Kier molecular flexibility index (Phi) is 6.42. The molecule has 1 aliphatic carbocycles. The molecule has 1 aliphatic rings. The molecule has 1 aromatic heterocycles. The Morgan fingerprint density at radius 1 is 1.33 bits per heavy atom. The highest BCUT2D eigenvalue weighted by Gasteiger charge is 2.25. The number of carbonyl (C=O) groups is 1.